The summed E-state index contributed by atoms with van der Waals surface area (Å²) in [6.07, 6.45) is 0. The topological polar surface area (TPSA) is 69.4 Å². The Kier molecular flexibility index (Phi) is 4.98. The Bertz CT molecular complexity index is 521. The van der Waals surface area contributed by atoms with Crippen molar-refractivity contribution in [2.24, 2.45) is 10.6 Å². The Balaban J connectivity index is 2.68. The summed E-state index contributed by atoms with van der Waals surface area (Å²) < 4.78 is 27.9. The molecule has 0 fully saturated rings. The van der Waals surface area contributed by atoms with Crippen molar-refractivity contribution in [3.63, 3.8) is 0 Å². The normalized spacial score (nSPS) is 12.7. The lowest BCUT2D eigenvalue weighted by Gasteiger charge is -2.23. The second-order valence-electron chi connectivity index (χ2n) is 5.99. The van der Waals surface area contributed by atoms with E-state index < -0.39 is 15.4 Å². The monoisotopic (exact) mass is 285 g/mol. The van der Waals surface area contributed by atoms with Gasteiger partial charge in [-0.25, -0.2) is 13.6 Å². The molecule has 0 radical (unpaired) electrons. The van der Waals surface area contributed by atoms with Crippen molar-refractivity contribution in [3.05, 3.63) is 29.8 Å². The van der Waals surface area contributed by atoms with Crippen LogP contribution in [0.5, 0.6) is 5.75 Å². The van der Waals surface area contributed by atoms with E-state index in [4.69, 9.17) is 9.88 Å². The van der Waals surface area contributed by atoms with Gasteiger partial charge >= 0.3 is 0 Å². The maximum Gasteiger partial charge on any atom is 0.209 e. The standard InChI is InChI=1S/C14H23NO3S/c1-11(2)12-6-5-7-13(8-12)18-9-14(3,4)10-19(15,16)17/h5-8,11H,9-10H2,1-4H3,(H2,15,16,17). The minimum atomic E-state index is -3.49. The van der Waals surface area contributed by atoms with Gasteiger partial charge in [-0.05, 0) is 23.6 Å². The molecule has 0 heterocycles. The highest BCUT2D eigenvalue weighted by Gasteiger charge is 2.25. The van der Waals surface area contributed by atoms with E-state index in [0.717, 1.165) is 5.75 Å². The first-order chi connectivity index (χ1) is 8.59. The fourth-order valence-electron chi connectivity index (χ4n) is 1.83. The van der Waals surface area contributed by atoms with Crippen LogP contribution < -0.4 is 9.88 Å². The summed E-state index contributed by atoms with van der Waals surface area (Å²) in [5.41, 5.74) is 0.684. The molecule has 0 aliphatic carbocycles. The quantitative estimate of drug-likeness (QED) is 0.873. The lowest BCUT2D eigenvalue weighted by molar-refractivity contribution is 0.199. The first-order valence-corrected chi connectivity index (χ1v) is 8.04. The van der Waals surface area contributed by atoms with Gasteiger partial charge in [-0.1, -0.05) is 39.8 Å². The molecule has 19 heavy (non-hydrogen) atoms. The molecular formula is C14H23NO3S. The molecule has 0 saturated heterocycles. The highest BCUT2D eigenvalue weighted by Crippen LogP contribution is 2.23. The summed E-state index contributed by atoms with van der Waals surface area (Å²) in [5, 5.41) is 5.07. The van der Waals surface area contributed by atoms with Gasteiger partial charge in [-0.2, -0.15) is 0 Å². The molecule has 0 unspecified atom stereocenters. The number of sulfonamides is 1. The molecule has 0 aliphatic rings. The highest BCUT2D eigenvalue weighted by molar-refractivity contribution is 7.89. The maximum atomic E-state index is 11.1. The van der Waals surface area contributed by atoms with E-state index in [1.807, 2.05) is 38.1 Å². The van der Waals surface area contributed by atoms with Gasteiger partial charge in [0.1, 0.15) is 5.75 Å². The number of ether oxygens (including phenoxy) is 1. The molecule has 0 saturated carbocycles. The molecule has 4 nitrogen and oxygen atoms in total. The van der Waals surface area contributed by atoms with Crippen molar-refractivity contribution >= 4 is 10.0 Å². The fourth-order valence-corrected chi connectivity index (χ4v) is 3.00. The summed E-state index contributed by atoms with van der Waals surface area (Å²) in [4.78, 5) is 0. The van der Waals surface area contributed by atoms with Crippen molar-refractivity contribution < 1.29 is 13.2 Å². The number of primary sulfonamides is 1. The van der Waals surface area contributed by atoms with Crippen LogP contribution in [0.25, 0.3) is 0 Å². The average molecular weight is 285 g/mol. The molecular weight excluding hydrogens is 262 g/mol. The van der Waals surface area contributed by atoms with Crippen LogP contribution in [0.3, 0.4) is 0 Å². The predicted octanol–water partition coefficient (Wildman–Crippen LogP) is 2.50. The van der Waals surface area contributed by atoms with Gasteiger partial charge < -0.3 is 4.74 Å². The third kappa shape index (κ3) is 6.07. The van der Waals surface area contributed by atoms with Crippen molar-refractivity contribution in [2.75, 3.05) is 12.4 Å². The number of benzene rings is 1. The summed E-state index contributed by atoms with van der Waals surface area (Å²) in [6, 6.07) is 7.85. The fraction of sp³-hybridized carbons (Fsp3) is 0.571. The second kappa shape index (κ2) is 5.92. The lowest BCUT2D eigenvalue weighted by Crippen LogP contribution is -2.33. The molecule has 5 heteroatoms. The zero-order chi connectivity index (χ0) is 14.7. The van der Waals surface area contributed by atoms with E-state index in [0.29, 0.717) is 12.5 Å². The van der Waals surface area contributed by atoms with Crippen molar-refractivity contribution in [3.8, 4) is 5.75 Å². The Morgan fingerprint density at radius 3 is 2.47 bits per heavy atom. The molecule has 0 atom stereocenters. The van der Waals surface area contributed by atoms with E-state index in [9.17, 15) is 8.42 Å². The Morgan fingerprint density at radius 2 is 1.95 bits per heavy atom. The summed E-state index contributed by atoms with van der Waals surface area (Å²) in [6.45, 7) is 8.19. The van der Waals surface area contributed by atoms with E-state index in [1.54, 1.807) is 0 Å². The third-order valence-corrected chi connectivity index (χ3v) is 3.93. The molecule has 0 aromatic heterocycles. The summed E-state index contributed by atoms with van der Waals surface area (Å²) in [7, 11) is -3.49. The Labute approximate surface area is 116 Å². The van der Waals surface area contributed by atoms with Gasteiger partial charge in [0.25, 0.3) is 0 Å². The maximum absolute atomic E-state index is 11.1. The van der Waals surface area contributed by atoms with Gasteiger partial charge in [0.15, 0.2) is 0 Å². The Morgan fingerprint density at radius 1 is 1.32 bits per heavy atom. The highest BCUT2D eigenvalue weighted by atomic mass is 32.2. The first-order valence-electron chi connectivity index (χ1n) is 6.32. The molecule has 1 rings (SSSR count). The van der Waals surface area contributed by atoms with E-state index in [1.165, 1.54) is 5.56 Å². The number of nitrogens with two attached hydrogens (primary N) is 1. The molecule has 1 aromatic rings. The third-order valence-electron chi connectivity index (χ3n) is 2.75. The molecule has 0 bridgehead atoms. The predicted molar refractivity (Wildman–Crippen MR) is 77.8 cm³/mol. The van der Waals surface area contributed by atoms with Crippen LogP contribution in [0.1, 0.15) is 39.2 Å². The zero-order valence-corrected chi connectivity index (χ0v) is 12.8. The van der Waals surface area contributed by atoms with Crippen LogP contribution in [0.4, 0.5) is 0 Å². The van der Waals surface area contributed by atoms with E-state index in [-0.39, 0.29) is 5.75 Å². The zero-order valence-electron chi connectivity index (χ0n) is 12.0. The molecule has 0 aliphatic heterocycles. The van der Waals surface area contributed by atoms with Gasteiger partial charge in [0.05, 0.1) is 12.4 Å². The van der Waals surface area contributed by atoms with E-state index >= 15 is 0 Å². The smallest absolute Gasteiger partial charge is 0.209 e. The minimum absolute atomic E-state index is 0.0934. The average Bonchev–Trinajstić information content (AvgIpc) is 2.24. The van der Waals surface area contributed by atoms with Crippen LogP contribution in [-0.2, 0) is 10.0 Å². The van der Waals surface area contributed by atoms with Gasteiger partial charge in [0, 0.05) is 5.41 Å². The van der Waals surface area contributed by atoms with Crippen LogP contribution in [0, 0.1) is 5.41 Å². The van der Waals surface area contributed by atoms with E-state index in [2.05, 4.69) is 13.8 Å². The van der Waals surface area contributed by atoms with Crippen molar-refractivity contribution in [1.29, 1.82) is 0 Å². The van der Waals surface area contributed by atoms with Crippen LogP contribution in [-0.4, -0.2) is 20.8 Å². The molecule has 2 N–H and O–H groups in total. The number of hydrogen-bond acceptors (Lipinski definition) is 3. The molecule has 108 valence electrons. The second-order valence-corrected chi connectivity index (χ2v) is 7.60. The van der Waals surface area contributed by atoms with Crippen LogP contribution in [0.15, 0.2) is 24.3 Å². The molecule has 0 amide bonds. The summed E-state index contributed by atoms with van der Waals surface area (Å²) >= 11 is 0. The molecule has 1 aromatic carbocycles. The largest absolute Gasteiger partial charge is 0.493 e. The van der Waals surface area contributed by atoms with Gasteiger partial charge in [0.2, 0.25) is 10.0 Å². The lowest BCUT2D eigenvalue weighted by atomic mass is 9.98. The Hall–Kier alpha value is -1.07. The van der Waals surface area contributed by atoms with Crippen molar-refractivity contribution in [1.82, 2.24) is 0 Å². The molecule has 0 spiro atoms. The number of rotatable bonds is 6. The van der Waals surface area contributed by atoms with Crippen LogP contribution in [0.2, 0.25) is 0 Å². The van der Waals surface area contributed by atoms with Gasteiger partial charge in [-0.3, -0.25) is 0 Å². The summed E-state index contributed by atoms with van der Waals surface area (Å²) in [5.74, 6) is 1.10. The minimum Gasteiger partial charge on any atom is -0.493 e. The van der Waals surface area contributed by atoms with Crippen molar-refractivity contribution in [2.45, 2.75) is 33.6 Å². The number of hydrogen-bond donors (Lipinski definition) is 1. The van der Waals surface area contributed by atoms with Crippen LogP contribution >= 0.6 is 0 Å². The SMILES string of the molecule is CC(C)c1cccc(OCC(C)(C)CS(N)(=O)=O)c1. The first kappa shape index (κ1) is 16.0. The van der Waals surface area contributed by atoms with Gasteiger partial charge in [-0.15, -0.1) is 0 Å².